The molecule has 1 aromatic carbocycles. The quantitative estimate of drug-likeness (QED) is 0.802. The molecule has 1 aromatic heterocycles. The fourth-order valence-electron chi connectivity index (χ4n) is 2.28. The lowest BCUT2D eigenvalue weighted by molar-refractivity contribution is 0.416. The van der Waals surface area contributed by atoms with Crippen LogP contribution in [0.3, 0.4) is 0 Å². The Bertz CT molecular complexity index is 585. The summed E-state index contributed by atoms with van der Waals surface area (Å²) >= 11 is 0. The minimum atomic E-state index is 0.202. The van der Waals surface area contributed by atoms with Crippen molar-refractivity contribution in [2.24, 2.45) is 10.7 Å². The van der Waals surface area contributed by atoms with Gasteiger partial charge >= 0.3 is 0 Å². The highest BCUT2D eigenvalue weighted by Gasteiger charge is 2.25. The first-order valence-electron chi connectivity index (χ1n) is 5.64. The van der Waals surface area contributed by atoms with E-state index in [-0.39, 0.29) is 6.04 Å². The number of hydrogen-bond donors (Lipinski definition) is 1. The molecule has 0 spiro atoms. The van der Waals surface area contributed by atoms with E-state index in [2.05, 4.69) is 34.2 Å². The van der Waals surface area contributed by atoms with Gasteiger partial charge in [0.15, 0.2) is 5.96 Å². The van der Waals surface area contributed by atoms with E-state index < -0.39 is 0 Å². The normalized spacial score (nSPS) is 19.7. The summed E-state index contributed by atoms with van der Waals surface area (Å²) in [4.78, 5) is 10.7. The number of aromatic nitrogens is 1. The minimum Gasteiger partial charge on any atom is -0.370 e. The SMILES string of the molecule is CN1C(N)=NCC1c1cccc2cccnc12. The highest BCUT2D eigenvalue weighted by molar-refractivity contribution is 5.85. The number of para-hydroxylation sites is 1. The zero-order valence-electron chi connectivity index (χ0n) is 9.67. The minimum absolute atomic E-state index is 0.202. The molecule has 0 radical (unpaired) electrons. The number of likely N-dealkylation sites (N-methyl/N-ethyl adjacent to an activating group) is 1. The van der Waals surface area contributed by atoms with Crippen molar-refractivity contribution in [2.75, 3.05) is 13.6 Å². The average Bonchev–Trinajstić information content (AvgIpc) is 2.69. The second kappa shape index (κ2) is 3.73. The van der Waals surface area contributed by atoms with Crippen LogP contribution in [0, 0.1) is 0 Å². The molecule has 2 N–H and O–H groups in total. The molecule has 86 valence electrons. The van der Waals surface area contributed by atoms with E-state index in [4.69, 9.17) is 5.73 Å². The molecule has 0 amide bonds. The molecule has 0 saturated carbocycles. The van der Waals surface area contributed by atoms with Gasteiger partial charge in [0.1, 0.15) is 0 Å². The Balaban J connectivity index is 2.13. The Morgan fingerprint density at radius 2 is 2.12 bits per heavy atom. The van der Waals surface area contributed by atoms with Crippen molar-refractivity contribution < 1.29 is 0 Å². The summed E-state index contributed by atoms with van der Waals surface area (Å²) in [5.41, 5.74) is 8.03. The molecule has 0 bridgehead atoms. The van der Waals surface area contributed by atoms with Crippen LogP contribution in [0.5, 0.6) is 0 Å². The standard InChI is InChI=1S/C13H14N4/c1-17-11(8-16-13(17)14)10-6-2-4-9-5-3-7-15-12(9)10/h2-7,11H,8H2,1H3,(H2,14,16). The third-order valence-corrected chi connectivity index (χ3v) is 3.28. The van der Waals surface area contributed by atoms with E-state index in [0.29, 0.717) is 12.5 Å². The van der Waals surface area contributed by atoms with Gasteiger partial charge in [0.2, 0.25) is 0 Å². The second-order valence-corrected chi connectivity index (χ2v) is 4.25. The van der Waals surface area contributed by atoms with Crippen LogP contribution < -0.4 is 5.73 Å². The van der Waals surface area contributed by atoms with Crippen molar-refractivity contribution in [1.82, 2.24) is 9.88 Å². The summed E-state index contributed by atoms with van der Waals surface area (Å²) in [6.07, 6.45) is 1.82. The summed E-state index contributed by atoms with van der Waals surface area (Å²) in [7, 11) is 1.97. The van der Waals surface area contributed by atoms with Gasteiger partial charge in [0.25, 0.3) is 0 Å². The molecule has 1 aliphatic heterocycles. The summed E-state index contributed by atoms with van der Waals surface area (Å²) in [6, 6.07) is 10.5. The molecule has 0 aliphatic carbocycles. The third-order valence-electron chi connectivity index (χ3n) is 3.28. The zero-order chi connectivity index (χ0) is 11.8. The zero-order valence-corrected chi connectivity index (χ0v) is 9.67. The first-order chi connectivity index (χ1) is 8.27. The molecule has 1 aliphatic rings. The maximum Gasteiger partial charge on any atom is 0.191 e. The van der Waals surface area contributed by atoms with Crippen molar-refractivity contribution in [3.63, 3.8) is 0 Å². The average molecular weight is 226 g/mol. The van der Waals surface area contributed by atoms with Crippen LogP contribution in [0.2, 0.25) is 0 Å². The van der Waals surface area contributed by atoms with Crippen LogP contribution in [0.1, 0.15) is 11.6 Å². The summed E-state index contributed by atoms with van der Waals surface area (Å²) in [6.45, 7) is 0.706. The molecule has 0 saturated heterocycles. The highest BCUT2D eigenvalue weighted by Crippen LogP contribution is 2.28. The molecule has 2 heterocycles. The maximum atomic E-state index is 5.81. The lowest BCUT2D eigenvalue weighted by atomic mass is 10.0. The summed E-state index contributed by atoms with van der Waals surface area (Å²) in [5, 5.41) is 1.16. The van der Waals surface area contributed by atoms with Crippen LogP contribution in [-0.4, -0.2) is 29.4 Å². The molecule has 1 unspecified atom stereocenters. The van der Waals surface area contributed by atoms with Gasteiger partial charge < -0.3 is 10.6 Å². The number of nitrogens with zero attached hydrogens (tertiary/aromatic N) is 3. The van der Waals surface area contributed by atoms with E-state index in [1.807, 2.05) is 24.2 Å². The van der Waals surface area contributed by atoms with Crippen LogP contribution in [0.25, 0.3) is 10.9 Å². The molecule has 1 atom stereocenters. The predicted octanol–water partition coefficient (Wildman–Crippen LogP) is 1.54. The highest BCUT2D eigenvalue weighted by atomic mass is 15.3. The molecular weight excluding hydrogens is 212 g/mol. The van der Waals surface area contributed by atoms with Crippen LogP contribution >= 0.6 is 0 Å². The van der Waals surface area contributed by atoms with Gasteiger partial charge in [-0.1, -0.05) is 24.3 Å². The first kappa shape index (κ1) is 10.1. The number of hydrogen-bond acceptors (Lipinski definition) is 4. The molecule has 17 heavy (non-hydrogen) atoms. The van der Waals surface area contributed by atoms with Crippen molar-refractivity contribution in [1.29, 1.82) is 0 Å². The van der Waals surface area contributed by atoms with Crippen molar-refractivity contribution in [3.8, 4) is 0 Å². The monoisotopic (exact) mass is 226 g/mol. The van der Waals surface area contributed by atoms with Gasteiger partial charge in [-0.15, -0.1) is 0 Å². The van der Waals surface area contributed by atoms with Crippen LogP contribution in [-0.2, 0) is 0 Å². The van der Waals surface area contributed by atoms with E-state index in [9.17, 15) is 0 Å². The maximum absolute atomic E-state index is 5.81. The number of benzene rings is 1. The fourth-order valence-corrected chi connectivity index (χ4v) is 2.28. The lowest BCUT2D eigenvalue weighted by Crippen LogP contribution is -2.32. The summed E-state index contributed by atoms with van der Waals surface area (Å²) < 4.78 is 0. The Morgan fingerprint density at radius 1 is 1.29 bits per heavy atom. The van der Waals surface area contributed by atoms with Crippen molar-refractivity contribution in [2.45, 2.75) is 6.04 Å². The molecule has 3 rings (SSSR count). The number of fused-ring (bicyclic) bond motifs is 1. The molecule has 2 aromatic rings. The van der Waals surface area contributed by atoms with E-state index in [1.54, 1.807) is 0 Å². The van der Waals surface area contributed by atoms with E-state index in [1.165, 1.54) is 5.56 Å². The van der Waals surface area contributed by atoms with Gasteiger partial charge in [0, 0.05) is 24.2 Å². The first-order valence-corrected chi connectivity index (χ1v) is 5.64. The van der Waals surface area contributed by atoms with Gasteiger partial charge in [-0.05, 0) is 6.07 Å². The predicted molar refractivity (Wildman–Crippen MR) is 68.7 cm³/mol. The fraction of sp³-hybridized carbons (Fsp3) is 0.231. The van der Waals surface area contributed by atoms with Gasteiger partial charge in [-0.25, -0.2) is 0 Å². The van der Waals surface area contributed by atoms with Crippen molar-refractivity contribution in [3.05, 3.63) is 42.1 Å². The molecule has 0 fully saturated rings. The molecular formula is C13H14N4. The van der Waals surface area contributed by atoms with Crippen molar-refractivity contribution >= 4 is 16.9 Å². The molecule has 4 heteroatoms. The van der Waals surface area contributed by atoms with Gasteiger partial charge in [-0.3, -0.25) is 9.98 Å². The largest absolute Gasteiger partial charge is 0.370 e. The van der Waals surface area contributed by atoms with Crippen LogP contribution in [0.15, 0.2) is 41.5 Å². The molecule has 4 nitrogen and oxygen atoms in total. The van der Waals surface area contributed by atoms with Gasteiger partial charge in [0.05, 0.1) is 18.1 Å². The Morgan fingerprint density at radius 3 is 2.88 bits per heavy atom. The smallest absolute Gasteiger partial charge is 0.191 e. The van der Waals surface area contributed by atoms with Gasteiger partial charge in [-0.2, -0.15) is 0 Å². The van der Waals surface area contributed by atoms with E-state index >= 15 is 0 Å². The number of rotatable bonds is 1. The van der Waals surface area contributed by atoms with Crippen LogP contribution in [0.4, 0.5) is 0 Å². The number of pyridine rings is 1. The Labute approximate surface area is 99.8 Å². The number of nitrogens with two attached hydrogens (primary N) is 1. The topological polar surface area (TPSA) is 54.5 Å². The Hall–Kier alpha value is -2.10. The second-order valence-electron chi connectivity index (χ2n) is 4.25. The number of guanidine groups is 1. The number of aliphatic imine (C=N–C) groups is 1. The summed E-state index contributed by atoms with van der Waals surface area (Å²) in [5.74, 6) is 0.600. The lowest BCUT2D eigenvalue weighted by Gasteiger charge is -2.22. The Kier molecular flexibility index (Phi) is 2.21. The third kappa shape index (κ3) is 1.53. The van der Waals surface area contributed by atoms with E-state index in [0.717, 1.165) is 10.9 Å².